The molecule has 1 aromatic heterocycles. The van der Waals surface area contributed by atoms with Crippen molar-refractivity contribution in [2.45, 2.75) is 6.10 Å². The molecule has 2 aliphatic rings. The van der Waals surface area contributed by atoms with Crippen molar-refractivity contribution < 1.29 is 19.1 Å². The van der Waals surface area contributed by atoms with E-state index in [-0.39, 0.29) is 18.4 Å². The number of ether oxygens (including phenoxy) is 2. The van der Waals surface area contributed by atoms with E-state index in [0.29, 0.717) is 37.7 Å². The molecule has 1 fully saturated rings. The minimum atomic E-state index is -0.721. The molecule has 0 N–H and O–H groups in total. The second-order valence-corrected chi connectivity index (χ2v) is 8.93. The van der Waals surface area contributed by atoms with Crippen molar-refractivity contribution in [1.82, 2.24) is 4.90 Å². The topological polar surface area (TPSA) is 59.1 Å². The molecule has 8 heteroatoms. The molecule has 28 heavy (non-hydrogen) atoms. The first-order valence-electron chi connectivity index (χ1n) is 8.99. The number of carbonyl (C=O) groups excluding carboxylic acids is 2. The lowest BCUT2D eigenvalue weighted by atomic mass is 10.1. The molecule has 3 heterocycles. The Kier molecular flexibility index (Phi) is 5.79. The number of hydrogen-bond acceptors (Lipinski definition) is 5. The van der Waals surface area contributed by atoms with Gasteiger partial charge in [0.15, 0.2) is 6.10 Å². The molecule has 146 valence electrons. The third kappa shape index (κ3) is 4.14. The van der Waals surface area contributed by atoms with Gasteiger partial charge < -0.3 is 19.3 Å². The second-order valence-electron chi connectivity index (χ2n) is 6.44. The molecule has 0 spiro atoms. The third-order valence-corrected chi connectivity index (χ3v) is 6.21. The molecule has 2 aromatic rings. The third-order valence-electron chi connectivity index (χ3n) is 4.62. The second kappa shape index (κ2) is 8.46. The molecule has 0 aliphatic carbocycles. The van der Waals surface area contributed by atoms with Gasteiger partial charge in [0, 0.05) is 24.0 Å². The number of benzene rings is 1. The van der Waals surface area contributed by atoms with Crippen molar-refractivity contribution in [2.75, 3.05) is 37.7 Å². The summed E-state index contributed by atoms with van der Waals surface area (Å²) >= 11 is 4.97. The van der Waals surface area contributed by atoms with Gasteiger partial charge in [-0.25, -0.2) is 0 Å². The molecule has 6 nitrogen and oxygen atoms in total. The lowest BCUT2D eigenvalue weighted by molar-refractivity contribution is -0.142. The number of hydrogen-bond donors (Lipinski definition) is 0. The van der Waals surface area contributed by atoms with Gasteiger partial charge in [-0.05, 0) is 46.3 Å². The van der Waals surface area contributed by atoms with Crippen LogP contribution < -0.4 is 9.64 Å². The Bertz CT molecular complexity index is 907. The van der Waals surface area contributed by atoms with Gasteiger partial charge in [0.1, 0.15) is 5.75 Å². The number of nitrogens with zero attached hydrogens (tertiary/aromatic N) is 2. The fraction of sp³-hybridized carbons (Fsp3) is 0.300. The average molecular weight is 463 g/mol. The van der Waals surface area contributed by atoms with E-state index in [0.717, 1.165) is 8.66 Å². The van der Waals surface area contributed by atoms with Gasteiger partial charge in [-0.1, -0.05) is 12.1 Å². The largest absolute Gasteiger partial charge is 0.476 e. The maximum absolute atomic E-state index is 12.9. The number of halogens is 1. The molecule has 4 rings (SSSR count). The quantitative estimate of drug-likeness (QED) is 0.657. The fourth-order valence-electron chi connectivity index (χ4n) is 3.22. The van der Waals surface area contributed by atoms with Crippen molar-refractivity contribution in [1.29, 1.82) is 0 Å². The van der Waals surface area contributed by atoms with E-state index < -0.39 is 6.10 Å². The molecule has 1 unspecified atom stereocenters. The van der Waals surface area contributed by atoms with Crippen molar-refractivity contribution in [3.8, 4) is 5.75 Å². The first-order valence-corrected chi connectivity index (χ1v) is 10.6. The van der Waals surface area contributed by atoms with Crippen LogP contribution in [-0.2, 0) is 14.3 Å². The number of anilines is 1. The van der Waals surface area contributed by atoms with Crippen LogP contribution in [0.15, 0.2) is 46.3 Å². The summed E-state index contributed by atoms with van der Waals surface area (Å²) in [5.74, 6) is 0.253. The van der Waals surface area contributed by atoms with Crippen molar-refractivity contribution in [2.24, 2.45) is 0 Å². The van der Waals surface area contributed by atoms with Crippen LogP contribution in [0.4, 0.5) is 5.69 Å². The maximum Gasteiger partial charge on any atom is 0.265 e. The monoisotopic (exact) mass is 462 g/mol. The summed E-state index contributed by atoms with van der Waals surface area (Å²) in [6, 6.07) is 11.2. The van der Waals surface area contributed by atoms with E-state index in [2.05, 4.69) is 15.9 Å². The first-order chi connectivity index (χ1) is 13.6. The lowest BCUT2D eigenvalue weighted by Gasteiger charge is -2.37. The number of para-hydroxylation sites is 2. The Morgan fingerprint density at radius 3 is 2.68 bits per heavy atom. The normalized spacial score (nSPS) is 19.4. The number of morpholine rings is 1. The Labute approximate surface area is 175 Å². The summed E-state index contributed by atoms with van der Waals surface area (Å²) < 4.78 is 12.3. The zero-order valence-corrected chi connectivity index (χ0v) is 17.4. The molecular formula is C20H19BrN2O4S. The van der Waals surface area contributed by atoms with Crippen LogP contribution in [0.5, 0.6) is 5.75 Å². The van der Waals surface area contributed by atoms with Crippen LogP contribution in [-0.4, -0.2) is 55.7 Å². The van der Waals surface area contributed by atoms with Gasteiger partial charge in [-0.15, -0.1) is 11.3 Å². The standard InChI is InChI=1S/C20H19BrN2O4S/c21-18-7-5-14(28-18)6-8-19(24)23-13-17(20(25)22-9-11-26-12-10-22)27-16-4-2-1-3-15(16)23/h1-8,17H,9-13H2/b8-6+. The number of thiophene rings is 1. The molecule has 0 saturated carbocycles. The maximum atomic E-state index is 12.9. The summed E-state index contributed by atoms with van der Waals surface area (Å²) in [6.45, 7) is 2.32. The Balaban J connectivity index is 1.55. The van der Waals surface area contributed by atoms with Crippen LogP contribution in [0, 0.1) is 0 Å². The summed E-state index contributed by atoms with van der Waals surface area (Å²) in [6.07, 6.45) is 2.60. The number of carbonyl (C=O) groups is 2. The van der Waals surface area contributed by atoms with Crippen molar-refractivity contribution >= 4 is 50.8 Å². The van der Waals surface area contributed by atoms with Gasteiger partial charge in [0.2, 0.25) is 0 Å². The molecule has 1 aromatic carbocycles. The van der Waals surface area contributed by atoms with Crippen molar-refractivity contribution in [3.05, 3.63) is 51.1 Å². The van der Waals surface area contributed by atoms with Gasteiger partial charge in [-0.3, -0.25) is 9.59 Å². The van der Waals surface area contributed by atoms with Crippen LogP contribution in [0.3, 0.4) is 0 Å². The molecule has 1 saturated heterocycles. The van der Waals surface area contributed by atoms with Crippen LogP contribution in [0.1, 0.15) is 4.88 Å². The van der Waals surface area contributed by atoms with Gasteiger partial charge in [0.25, 0.3) is 11.8 Å². The number of fused-ring (bicyclic) bond motifs is 1. The van der Waals surface area contributed by atoms with Crippen LogP contribution in [0.2, 0.25) is 0 Å². The lowest BCUT2D eigenvalue weighted by Crippen LogP contribution is -2.53. The van der Waals surface area contributed by atoms with Crippen LogP contribution >= 0.6 is 27.3 Å². The first kappa shape index (κ1) is 19.2. The fourth-order valence-corrected chi connectivity index (χ4v) is 4.55. The zero-order valence-electron chi connectivity index (χ0n) is 15.0. The summed E-state index contributed by atoms with van der Waals surface area (Å²) in [5, 5.41) is 0. The van der Waals surface area contributed by atoms with E-state index in [1.54, 1.807) is 33.3 Å². The van der Waals surface area contributed by atoms with Gasteiger partial charge in [-0.2, -0.15) is 0 Å². The molecule has 2 amide bonds. The van der Waals surface area contributed by atoms with Gasteiger partial charge in [0.05, 0.1) is 29.2 Å². The molecular weight excluding hydrogens is 444 g/mol. The van der Waals surface area contributed by atoms with Crippen molar-refractivity contribution in [3.63, 3.8) is 0 Å². The highest BCUT2D eigenvalue weighted by molar-refractivity contribution is 9.11. The average Bonchev–Trinajstić information content (AvgIpc) is 3.16. The minimum absolute atomic E-state index is 0.109. The summed E-state index contributed by atoms with van der Waals surface area (Å²) in [7, 11) is 0. The number of rotatable bonds is 3. The summed E-state index contributed by atoms with van der Waals surface area (Å²) in [5.41, 5.74) is 0.676. The highest BCUT2D eigenvalue weighted by Crippen LogP contribution is 2.34. The highest BCUT2D eigenvalue weighted by atomic mass is 79.9. The predicted octanol–water partition coefficient (Wildman–Crippen LogP) is 3.18. The van der Waals surface area contributed by atoms with E-state index in [1.807, 2.05) is 30.3 Å². The molecule has 0 radical (unpaired) electrons. The molecule has 0 bridgehead atoms. The Morgan fingerprint density at radius 1 is 1.14 bits per heavy atom. The number of amides is 2. The van der Waals surface area contributed by atoms with E-state index in [1.165, 1.54) is 6.08 Å². The molecule has 2 aliphatic heterocycles. The predicted molar refractivity (Wildman–Crippen MR) is 112 cm³/mol. The highest BCUT2D eigenvalue weighted by Gasteiger charge is 2.35. The Morgan fingerprint density at radius 2 is 1.93 bits per heavy atom. The smallest absolute Gasteiger partial charge is 0.265 e. The minimum Gasteiger partial charge on any atom is -0.476 e. The van der Waals surface area contributed by atoms with E-state index in [9.17, 15) is 9.59 Å². The Hall–Kier alpha value is -2.16. The zero-order chi connectivity index (χ0) is 19.5. The molecule has 1 atom stereocenters. The van der Waals surface area contributed by atoms with E-state index >= 15 is 0 Å². The van der Waals surface area contributed by atoms with Crippen LogP contribution in [0.25, 0.3) is 6.08 Å². The van der Waals surface area contributed by atoms with E-state index in [4.69, 9.17) is 9.47 Å². The van der Waals surface area contributed by atoms with Gasteiger partial charge >= 0.3 is 0 Å². The summed E-state index contributed by atoms with van der Waals surface area (Å²) in [4.78, 5) is 30.1. The SMILES string of the molecule is O=C(C1CN(C(=O)/C=C/c2ccc(Br)s2)c2ccccc2O1)N1CCOCC1.